The number of benzene rings is 4. The second-order valence-electron chi connectivity index (χ2n) is 25.9. The Kier molecular flexibility index (Phi) is 19.1. The van der Waals surface area contributed by atoms with Gasteiger partial charge in [-0.15, -0.1) is 0 Å². The topological polar surface area (TPSA) is 148 Å². The van der Waals surface area contributed by atoms with Crippen molar-refractivity contribution in [1.82, 2.24) is 39.6 Å². The number of hydrogen-bond donors (Lipinski definition) is 2. The molecule has 2 aliphatic carbocycles. The summed E-state index contributed by atoms with van der Waals surface area (Å²) in [5, 5.41) is 17.2. The van der Waals surface area contributed by atoms with Crippen LogP contribution in [0.3, 0.4) is 0 Å². The summed E-state index contributed by atoms with van der Waals surface area (Å²) in [5.41, 5.74) is 4.72. The Hall–Kier alpha value is -5.08. The van der Waals surface area contributed by atoms with E-state index in [2.05, 4.69) is 78.6 Å². The number of carboxylic acid groups (broad SMARTS) is 1. The number of nitrogens with one attached hydrogen (secondary N) is 1. The minimum Gasteiger partial charge on any atom is -0.480 e. The highest BCUT2D eigenvalue weighted by Gasteiger charge is 2.56. The Bertz CT molecular complexity index is 3460. The van der Waals surface area contributed by atoms with Crippen LogP contribution in [0.15, 0.2) is 128 Å². The van der Waals surface area contributed by atoms with Gasteiger partial charge in [0.25, 0.3) is 11.8 Å². The lowest BCUT2D eigenvalue weighted by Crippen LogP contribution is -2.54. The number of aliphatic carboxylic acids is 1. The molecule has 3 amide bonds. The minimum absolute atomic E-state index is 0.0115. The molecule has 0 unspecified atom stereocenters. The molecule has 0 aromatic heterocycles. The monoisotopic (exact) mass is 1320 g/mol. The van der Waals surface area contributed by atoms with Crippen LogP contribution in [0.1, 0.15) is 127 Å². The first-order chi connectivity index (χ1) is 42.7. The molecule has 15 nitrogen and oxygen atoms in total. The van der Waals surface area contributed by atoms with E-state index in [-0.39, 0.29) is 41.6 Å². The third-order valence-electron chi connectivity index (χ3n) is 19.2. The van der Waals surface area contributed by atoms with Crippen molar-refractivity contribution < 1.29 is 24.3 Å². The van der Waals surface area contributed by atoms with Crippen molar-refractivity contribution in [1.29, 1.82) is 0 Å². The van der Waals surface area contributed by atoms with Gasteiger partial charge in [0.05, 0.1) is 12.1 Å². The summed E-state index contributed by atoms with van der Waals surface area (Å²) in [6.07, 6.45) is 8.20. The lowest BCUT2D eigenvalue weighted by Gasteiger charge is -2.38. The molecule has 8 aliphatic heterocycles. The van der Waals surface area contributed by atoms with E-state index >= 15 is 0 Å². The van der Waals surface area contributed by atoms with Crippen LogP contribution in [-0.2, 0) is 30.3 Å². The molecule has 4 aromatic rings. The van der Waals surface area contributed by atoms with Gasteiger partial charge in [-0.3, -0.25) is 24.2 Å². The number of aliphatic imine (C=N–C) groups is 2. The molecule has 4 saturated heterocycles. The van der Waals surface area contributed by atoms with Gasteiger partial charge >= 0.3 is 5.97 Å². The number of nitrogens with zero attached hydrogens (tertiary/aromatic N) is 9. The third-order valence-corrected chi connectivity index (χ3v) is 22.4. The zero-order valence-electron chi connectivity index (χ0n) is 51.5. The molecule has 0 radical (unpaired) electrons. The summed E-state index contributed by atoms with van der Waals surface area (Å²) in [5.74, 6) is -1.06. The number of amides is 3. The Morgan fingerprint density at radius 1 is 0.517 bits per heavy atom. The number of rotatable bonds is 12. The minimum atomic E-state index is -0.956. The van der Waals surface area contributed by atoms with Gasteiger partial charge in [0.15, 0.2) is 10.3 Å². The third kappa shape index (κ3) is 12.9. The Morgan fingerprint density at radius 2 is 0.888 bits per heavy atom. The van der Waals surface area contributed by atoms with Gasteiger partial charge in [0, 0.05) is 109 Å². The number of fused-ring (bicyclic) bond motifs is 2. The zero-order valence-corrected chi connectivity index (χ0v) is 56.2. The Balaban J connectivity index is 0.000000153. The molecule has 2 saturated carbocycles. The van der Waals surface area contributed by atoms with E-state index < -0.39 is 29.1 Å². The van der Waals surface area contributed by atoms with Crippen LogP contribution in [0, 0.1) is 11.8 Å². The molecule has 6 atom stereocenters. The number of carbonyl (C=O) groups is 4. The highest BCUT2D eigenvalue weighted by atomic mass is 35.5. The van der Waals surface area contributed by atoms with Crippen LogP contribution in [-0.4, -0.2) is 163 Å². The van der Waals surface area contributed by atoms with Crippen molar-refractivity contribution in [2.75, 3.05) is 65.4 Å². The van der Waals surface area contributed by atoms with Gasteiger partial charge in [0.2, 0.25) is 5.91 Å². The predicted molar refractivity (Wildman–Crippen MR) is 359 cm³/mol. The molecule has 14 rings (SSSR count). The van der Waals surface area contributed by atoms with Crippen LogP contribution in [0.25, 0.3) is 0 Å². The van der Waals surface area contributed by atoms with Crippen LogP contribution in [0.2, 0.25) is 20.1 Å². The van der Waals surface area contributed by atoms with Gasteiger partial charge in [0.1, 0.15) is 33.0 Å². The van der Waals surface area contributed by atoms with Crippen molar-refractivity contribution >= 4 is 104 Å². The van der Waals surface area contributed by atoms with Crippen LogP contribution in [0.4, 0.5) is 0 Å². The quantitative estimate of drug-likeness (QED) is 0.139. The highest BCUT2D eigenvalue weighted by Crippen LogP contribution is 2.58. The van der Waals surface area contributed by atoms with E-state index in [1.807, 2.05) is 94.7 Å². The number of amidine groups is 2. The lowest BCUT2D eigenvalue weighted by atomic mass is 9.81. The SMILES string of the molecule is C1CN(C2CC2)CCN1.CC(C)C1=C(C(=O)N2CCC[C@H]2C(=O)N2CCN(C3CC3)CC2)SC2=N[C@@](C)(c3ccc(Cl)cc3)[C@@H](c3ccc(Cl)cc3)N21.CC(C)C1=C(C(=O)N2CCC[C@H]2C(=O)O)SC2=N[C@@](C)(c3ccc(Cl)cc3)[C@@H](c3ccc(Cl)cc3)N21. The fourth-order valence-corrected chi connectivity index (χ4v) is 17.6. The molecule has 10 aliphatic rings. The van der Waals surface area contributed by atoms with Gasteiger partial charge in [-0.05, 0) is 171 Å². The summed E-state index contributed by atoms with van der Waals surface area (Å²) in [7, 11) is 0. The summed E-state index contributed by atoms with van der Waals surface area (Å²) in [4.78, 5) is 80.5. The molecule has 21 heteroatoms. The van der Waals surface area contributed by atoms with E-state index in [1.165, 1.54) is 80.3 Å². The summed E-state index contributed by atoms with van der Waals surface area (Å²) < 4.78 is 0. The number of thioether (sulfide) groups is 2. The fourth-order valence-electron chi connectivity index (χ4n) is 14.4. The van der Waals surface area contributed by atoms with Crippen molar-refractivity contribution in [2.45, 2.75) is 140 Å². The fraction of sp³-hybridized carbons (Fsp3) is 0.500. The van der Waals surface area contributed by atoms with E-state index in [4.69, 9.17) is 56.4 Å². The maximum absolute atomic E-state index is 14.5. The van der Waals surface area contributed by atoms with E-state index in [9.17, 15) is 24.3 Å². The van der Waals surface area contributed by atoms with Gasteiger partial charge in [-0.1, -0.05) is 123 Å². The molecule has 0 spiro atoms. The van der Waals surface area contributed by atoms with E-state index in [0.717, 1.165) is 89.0 Å². The number of carbonyl (C=O) groups excluding carboxylic acids is 3. The van der Waals surface area contributed by atoms with Gasteiger partial charge in [-0.25, -0.2) is 14.8 Å². The molecule has 8 heterocycles. The first-order valence-corrected chi connectivity index (χ1v) is 34.9. The second kappa shape index (κ2) is 26.5. The van der Waals surface area contributed by atoms with Crippen molar-refractivity contribution in [3.8, 4) is 0 Å². The molecule has 472 valence electrons. The van der Waals surface area contributed by atoms with E-state index in [1.54, 1.807) is 0 Å². The zero-order chi connectivity index (χ0) is 62.6. The van der Waals surface area contributed by atoms with Crippen molar-refractivity contribution in [3.63, 3.8) is 0 Å². The largest absolute Gasteiger partial charge is 0.480 e. The first kappa shape index (κ1) is 64.0. The molecule has 4 aromatic carbocycles. The number of likely N-dealkylation sites (tertiary alicyclic amines) is 2. The molecular formula is C68H80Cl4N10O5S2. The number of allylic oxidation sites excluding steroid dienone is 2. The smallest absolute Gasteiger partial charge is 0.326 e. The van der Waals surface area contributed by atoms with Gasteiger partial charge < -0.3 is 34.9 Å². The first-order valence-electron chi connectivity index (χ1n) is 31.7. The number of carboxylic acids is 1. The van der Waals surface area contributed by atoms with Crippen molar-refractivity contribution in [3.05, 3.63) is 161 Å². The highest BCUT2D eigenvalue weighted by molar-refractivity contribution is 8.18. The number of halogens is 4. The normalized spacial score (nSPS) is 27.0. The number of hydrogen-bond acceptors (Lipinski definition) is 13. The molecule has 2 N–H and O–H groups in total. The van der Waals surface area contributed by atoms with Crippen LogP contribution >= 0.6 is 69.9 Å². The van der Waals surface area contributed by atoms with Gasteiger partial charge in [-0.2, -0.15) is 0 Å². The standard InChI is InChI=1S/C34H39Cl2N5O2S.C27H27Cl2N3O3S.C7H14N2/c1-21(2)28-29(32(43)40-16-4-5-27(40)31(42)39-19-17-38(18-20-39)26-14-15-26)44-33-37-34(3,23-8-12-25(36)13-9-23)30(41(28)33)22-6-10-24(35)11-7-22;1-15(2)21-22(24(33)31-14-4-5-20(31)25(34)35)36-26-30-27(3,17-8-12-19(29)13-9-17)23(32(21)26)16-6-10-18(28)11-7-16;1-2-7(1)9-5-3-8-4-6-9/h6-13,21,26-27,30H,4-5,14-20H2,1-3H3;6-13,15,20,23H,4-5,14H2,1-3H3,(H,34,35);7-8H,1-6H2/t27-,30+,34-;20-,23+,27-;/m00./s1. The Morgan fingerprint density at radius 3 is 1.27 bits per heavy atom. The molecule has 0 bridgehead atoms. The average Bonchev–Trinajstić information content (AvgIpc) is 1.59. The molecule has 89 heavy (non-hydrogen) atoms. The molecular weight excluding hydrogens is 1240 g/mol. The summed E-state index contributed by atoms with van der Waals surface area (Å²) in [6.45, 7) is 22.0. The number of piperazine rings is 2. The second-order valence-corrected chi connectivity index (χ2v) is 29.6. The lowest BCUT2D eigenvalue weighted by molar-refractivity contribution is -0.146. The molecule has 6 fully saturated rings. The summed E-state index contributed by atoms with van der Waals surface area (Å²) >= 11 is 27.8. The summed E-state index contributed by atoms with van der Waals surface area (Å²) in [6, 6.07) is 31.4. The average molecular weight is 1320 g/mol. The predicted octanol–water partition coefficient (Wildman–Crippen LogP) is 12.9. The Labute approximate surface area is 552 Å². The van der Waals surface area contributed by atoms with E-state index in [0.29, 0.717) is 61.9 Å². The maximum atomic E-state index is 14.5. The van der Waals surface area contributed by atoms with Crippen LogP contribution < -0.4 is 5.32 Å². The van der Waals surface area contributed by atoms with Crippen LogP contribution in [0.5, 0.6) is 0 Å². The maximum Gasteiger partial charge on any atom is 0.326 e. The van der Waals surface area contributed by atoms with Crippen molar-refractivity contribution in [2.24, 2.45) is 21.8 Å².